The molecule has 1 aliphatic rings. The molecule has 1 saturated heterocycles. The summed E-state index contributed by atoms with van der Waals surface area (Å²) >= 11 is 5.85. The zero-order valence-electron chi connectivity index (χ0n) is 15.7. The summed E-state index contributed by atoms with van der Waals surface area (Å²) in [6.07, 6.45) is 0.0176. The molecule has 2 aromatic carbocycles. The standard InChI is InChI=1S/C21H19ClN2O5/c1-13(25)14-3-2-4-17(9-14)23-19(26)12-29-21(28)15-10-20(27)24(11-15)18-7-5-16(22)6-8-18/h2-9,15H,10-12H2,1H3,(H,23,26)/t15-/m0/s1. The Morgan fingerprint density at radius 2 is 1.90 bits per heavy atom. The van der Waals surface area contributed by atoms with E-state index in [1.54, 1.807) is 48.5 Å². The van der Waals surface area contributed by atoms with Crippen LogP contribution in [0, 0.1) is 5.92 Å². The predicted octanol–water partition coefficient (Wildman–Crippen LogP) is 3.08. The molecule has 150 valence electrons. The van der Waals surface area contributed by atoms with Crippen LogP contribution in [-0.2, 0) is 19.1 Å². The monoisotopic (exact) mass is 414 g/mol. The summed E-state index contributed by atoms with van der Waals surface area (Å²) < 4.78 is 5.07. The Bertz CT molecular complexity index is 958. The Labute approximate surface area is 172 Å². The number of carbonyl (C=O) groups is 4. The highest BCUT2D eigenvalue weighted by molar-refractivity contribution is 6.30. The van der Waals surface area contributed by atoms with E-state index in [0.717, 1.165) is 0 Å². The SMILES string of the molecule is CC(=O)c1cccc(NC(=O)COC(=O)[C@H]2CC(=O)N(c3ccc(Cl)cc3)C2)c1. The molecule has 0 spiro atoms. The molecule has 0 aromatic heterocycles. The lowest BCUT2D eigenvalue weighted by Gasteiger charge is -2.16. The maximum atomic E-state index is 12.3. The predicted molar refractivity (Wildman–Crippen MR) is 108 cm³/mol. The molecular formula is C21H19ClN2O5. The van der Waals surface area contributed by atoms with Crippen molar-refractivity contribution in [2.45, 2.75) is 13.3 Å². The van der Waals surface area contributed by atoms with E-state index in [1.807, 2.05) is 0 Å². The van der Waals surface area contributed by atoms with Gasteiger partial charge in [-0.3, -0.25) is 19.2 Å². The smallest absolute Gasteiger partial charge is 0.311 e. The van der Waals surface area contributed by atoms with Crippen molar-refractivity contribution >= 4 is 46.5 Å². The van der Waals surface area contributed by atoms with Crippen LogP contribution in [0.1, 0.15) is 23.7 Å². The van der Waals surface area contributed by atoms with Gasteiger partial charge in [-0.05, 0) is 43.3 Å². The molecule has 7 nitrogen and oxygen atoms in total. The van der Waals surface area contributed by atoms with Gasteiger partial charge in [-0.1, -0.05) is 23.7 Å². The van der Waals surface area contributed by atoms with Crippen LogP contribution in [0.4, 0.5) is 11.4 Å². The lowest BCUT2D eigenvalue weighted by molar-refractivity contribution is -0.151. The van der Waals surface area contributed by atoms with Crippen molar-refractivity contribution in [1.29, 1.82) is 0 Å². The van der Waals surface area contributed by atoms with E-state index in [0.29, 0.717) is 22.0 Å². The van der Waals surface area contributed by atoms with Gasteiger partial charge >= 0.3 is 5.97 Å². The fourth-order valence-corrected chi connectivity index (χ4v) is 3.13. The molecule has 0 bridgehead atoms. The van der Waals surface area contributed by atoms with Crippen LogP contribution in [0.5, 0.6) is 0 Å². The van der Waals surface area contributed by atoms with Crippen molar-refractivity contribution in [3.05, 3.63) is 59.1 Å². The van der Waals surface area contributed by atoms with Gasteiger partial charge in [-0.15, -0.1) is 0 Å². The number of hydrogen-bond donors (Lipinski definition) is 1. The van der Waals surface area contributed by atoms with Gasteiger partial charge in [0.1, 0.15) is 0 Å². The van der Waals surface area contributed by atoms with Gasteiger partial charge in [0.05, 0.1) is 5.92 Å². The van der Waals surface area contributed by atoms with E-state index in [1.165, 1.54) is 11.8 Å². The normalized spacial score (nSPS) is 15.9. The summed E-state index contributed by atoms with van der Waals surface area (Å²) in [6, 6.07) is 13.2. The molecule has 29 heavy (non-hydrogen) atoms. The maximum Gasteiger partial charge on any atom is 0.311 e. The average Bonchev–Trinajstić information content (AvgIpc) is 3.08. The number of Topliss-reactive ketones (excluding diaryl/α,β-unsaturated/α-hetero) is 1. The Kier molecular flexibility index (Phi) is 6.29. The Balaban J connectivity index is 1.52. The van der Waals surface area contributed by atoms with Crippen LogP contribution in [-0.4, -0.2) is 36.7 Å². The van der Waals surface area contributed by atoms with Gasteiger partial charge in [0.15, 0.2) is 12.4 Å². The van der Waals surface area contributed by atoms with E-state index < -0.39 is 24.4 Å². The third-order valence-electron chi connectivity index (χ3n) is 4.50. The van der Waals surface area contributed by atoms with E-state index in [9.17, 15) is 19.2 Å². The third kappa shape index (κ3) is 5.20. The molecule has 0 radical (unpaired) electrons. The molecule has 1 N–H and O–H groups in total. The third-order valence-corrected chi connectivity index (χ3v) is 4.75. The fraction of sp³-hybridized carbons (Fsp3) is 0.238. The summed E-state index contributed by atoms with van der Waals surface area (Å²) in [7, 11) is 0. The number of ketones is 1. The topological polar surface area (TPSA) is 92.8 Å². The van der Waals surface area contributed by atoms with Gasteiger partial charge in [-0.25, -0.2) is 0 Å². The number of rotatable bonds is 6. The lowest BCUT2D eigenvalue weighted by atomic mass is 10.1. The molecule has 0 unspecified atom stereocenters. The molecule has 2 amide bonds. The minimum absolute atomic E-state index is 0.0176. The van der Waals surface area contributed by atoms with Crippen LogP contribution in [0.15, 0.2) is 48.5 Å². The van der Waals surface area contributed by atoms with Crippen molar-refractivity contribution in [1.82, 2.24) is 0 Å². The average molecular weight is 415 g/mol. The first-order chi connectivity index (χ1) is 13.8. The fourth-order valence-electron chi connectivity index (χ4n) is 3.00. The molecule has 3 rings (SSSR count). The first kappa shape index (κ1) is 20.5. The van der Waals surface area contributed by atoms with Crippen molar-refractivity contribution < 1.29 is 23.9 Å². The zero-order chi connectivity index (χ0) is 21.0. The van der Waals surface area contributed by atoms with Crippen molar-refractivity contribution in [2.75, 3.05) is 23.4 Å². The molecule has 1 fully saturated rings. The first-order valence-corrected chi connectivity index (χ1v) is 9.34. The number of nitrogens with zero attached hydrogens (tertiary/aromatic N) is 1. The molecule has 2 aromatic rings. The highest BCUT2D eigenvalue weighted by Gasteiger charge is 2.36. The van der Waals surface area contributed by atoms with Crippen LogP contribution >= 0.6 is 11.6 Å². The van der Waals surface area contributed by atoms with Gasteiger partial charge in [0.25, 0.3) is 5.91 Å². The van der Waals surface area contributed by atoms with Crippen molar-refractivity contribution in [3.8, 4) is 0 Å². The molecule has 1 heterocycles. The second-order valence-electron chi connectivity index (χ2n) is 6.67. The first-order valence-electron chi connectivity index (χ1n) is 8.97. The summed E-state index contributed by atoms with van der Waals surface area (Å²) in [6.45, 7) is 1.13. The number of esters is 1. The summed E-state index contributed by atoms with van der Waals surface area (Å²) in [4.78, 5) is 49.4. The minimum Gasteiger partial charge on any atom is -0.455 e. The number of carbonyl (C=O) groups excluding carboxylic acids is 4. The number of amides is 2. The Morgan fingerprint density at radius 1 is 1.17 bits per heavy atom. The van der Waals surface area contributed by atoms with E-state index >= 15 is 0 Å². The van der Waals surface area contributed by atoms with Crippen molar-refractivity contribution in [2.24, 2.45) is 5.92 Å². The number of halogens is 1. The van der Waals surface area contributed by atoms with Crippen LogP contribution in [0.3, 0.4) is 0 Å². The van der Waals surface area contributed by atoms with Gasteiger partial charge < -0.3 is 15.0 Å². The number of anilines is 2. The molecule has 0 saturated carbocycles. The largest absolute Gasteiger partial charge is 0.455 e. The second kappa shape index (κ2) is 8.87. The second-order valence-corrected chi connectivity index (χ2v) is 7.11. The highest BCUT2D eigenvalue weighted by Crippen LogP contribution is 2.27. The summed E-state index contributed by atoms with van der Waals surface area (Å²) in [5.41, 5.74) is 1.55. The summed E-state index contributed by atoms with van der Waals surface area (Å²) in [5, 5.41) is 3.13. The summed E-state index contributed by atoms with van der Waals surface area (Å²) in [5.74, 6) is -2.10. The lowest BCUT2D eigenvalue weighted by Crippen LogP contribution is -2.28. The van der Waals surface area contributed by atoms with Gasteiger partial charge in [0, 0.05) is 34.9 Å². The van der Waals surface area contributed by atoms with E-state index in [-0.39, 0.29) is 24.7 Å². The van der Waals surface area contributed by atoms with Gasteiger partial charge in [0.2, 0.25) is 5.91 Å². The van der Waals surface area contributed by atoms with E-state index in [2.05, 4.69) is 5.32 Å². The molecule has 1 aliphatic heterocycles. The van der Waals surface area contributed by atoms with Crippen LogP contribution in [0.2, 0.25) is 5.02 Å². The van der Waals surface area contributed by atoms with Gasteiger partial charge in [-0.2, -0.15) is 0 Å². The minimum atomic E-state index is -0.646. The molecule has 0 aliphatic carbocycles. The van der Waals surface area contributed by atoms with E-state index in [4.69, 9.17) is 16.3 Å². The number of ether oxygens (including phenoxy) is 1. The molecular weight excluding hydrogens is 396 g/mol. The highest BCUT2D eigenvalue weighted by atomic mass is 35.5. The number of hydrogen-bond acceptors (Lipinski definition) is 5. The number of benzene rings is 2. The maximum absolute atomic E-state index is 12.3. The molecule has 1 atom stereocenters. The van der Waals surface area contributed by atoms with Crippen molar-refractivity contribution in [3.63, 3.8) is 0 Å². The van der Waals surface area contributed by atoms with Crippen LogP contribution in [0.25, 0.3) is 0 Å². The Hall–Kier alpha value is -3.19. The molecule has 8 heteroatoms. The van der Waals surface area contributed by atoms with Crippen LogP contribution < -0.4 is 10.2 Å². The quantitative estimate of drug-likeness (QED) is 0.579. The zero-order valence-corrected chi connectivity index (χ0v) is 16.4. The Morgan fingerprint density at radius 3 is 2.59 bits per heavy atom. The number of nitrogens with one attached hydrogen (secondary N) is 1.